The molecule has 1 heterocycles. The fourth-order valence-corrected chi connectivity index (χ4v) is 2.48. The van der Waals surface area contributed by atoms with Gasteiger partial charge in [-0.1, -0.05) is 59.6 Å². The highest BCUT2D eigenvalue weighted by Gasteiger charge is 2.06. The predicted octanol–water partition coefficient (Wildman–Crippen LogP) is 5.63. The summed E-state index contributed by atoms with van der Waals surface area (Å²) in [6.07, 6.45) is 0. The fraction of sp³-hybridized carbons (Fsp3) is 0.0556. The van der Waals surface area contributed by atoms with Crippen LogP contribution in [0.4, 0.5) is 0 Å². The molecule has 0 bridgehead atoms. The van der Waals surface area contributed by atoms with Crippen LogP contribution >= 0.6 is 23.2 Å². The summed E-state index contributed by atoms with van der Waals surface area (Å²) in [7, 11) is 0. The molecule has 3 rings (SSSR count). The topological polar surface area (TPSA) is 22.1 Å². The van der Waals surface area contributed by atoms with Crippen LogP contribution in [0.5, 0.6) is 5.75 Å². The molecular formula is C18H13Cl2NO. The van der Waals surface area contributed by atoms with Gasteiger partial charge in [-0.2, -0.15) is 0 Å². The maximum absolute atomic E-state index is 6.30. The quantitative estimate of drug-likeness (QED) is 0.578. The molecule has 4 heteroatoms. The van der Waals surface area contributed by atoms with Crippen molar-refractivity contribution in [2.75, 3.05) is 0 Å². The molecule has 1 aromatic heterocycles. The Kier molecular flexibility index (Phi) is 4.62. The van der Waals surface area contributed by atoms with Gasteiger partial charge in [-0.05, 0) is 35.9 Å². The molecule has 22 heavy (non-hydrogen) atoms. The van der Waals surface area contributed by atoms with Crippen LogP contribution in [0.25, 0.3) is 11.3 Å². The second-order valence-corrected chi connectivity index (χ2v) is 5.56. The molecule has 0 aliphatic carbocycles. The minimum Gasteiger partial charge on any atom is -0.487 e. The number of nitrogens with zero attached hydrogens (tertiary/aromatic N) is 1. The van der Waals surface area contributed by atoms with Gasteiger partial charge in [-0.25, -0.2) is 4.98 Å². The van der Waals surface area contributed by atoms with Gasteiger partial charge in [-0.3, -0.25) is 0 Å². The number of hydrogen-bond acceptors (Lipinski definition) is 2. The number of hydrogen-bond donors (Lipinski definition) is 0. The van der Waals surface area contributed by atoms with Crippen LogP contribution in [0.15, 0.2) is 66.7 Å². The van der Waals surface area contributed by atoms with Gasteiger partial charge >= 0.3 is 0 Å². The second-order valence-electron chi connectivity index (χ2n) is 4.77. The van der Waals surface area contributed by atoms with Crippen LogP contribution in [-0.2, 0) is 6.61 Å². The van der Waals surface area contributed by atoms with Crippen molar-refractivity contribution >= 4 is 23.2 Å². The molecule has 2 nitrogen and oxygen atoms in total. The number of aromatic nitrogens is 1. The lowest BCUT2D eigenvalue weighted by Crippen LogP contribution is -1.95. The Morgan fingerprint density at radius 2 is 1.68 bits per heavy atom. The van der Waals surface area contributed by atoms with Gasteiger partial charge in [-0.15, -0.1) is 0 Å². The molecule has 2 aromatic carbocycles. The van der Waals surface area contributed by atoms with E-state index in [1.807, 2.05) is 60.7 Å². The van der Waals surface area contributed by atoms with E-state index in [2.05, 4.69) is 4.98 Å². The highest BCUT2D eigenvalue weighted by Crippen LogP contribution is 2.30. The largest absolute Gasteiger partial charge is 0.487 e. The summed E-state index contributed by atoms with van der Waals surface area (Å²) in [5, 5.41) is 1.01. The normalized spacial score (nSPS) is 10.5. The summed E-state index contributed by atoms with van der Waals surface area (Å²) in [5.74, 6) is 0.649. The average molecular weight is 330 g/mol. The first-order valence-electron chi connectivity index (χ1n) is 6.81. The molecule has 0 saturated carbocycles. The van der Waals surface area contributed by atoms with Gasteiger partial charge in [0.05, 0.1) is 10.7 Å². The Hall–Kier alpha value is -2.03. The van der Waals surface area contributed by atoms with E-state index >= 15 is 0 Å². The highest BCUT2D eigenvalue weighted by atomic mass is 35.5. The highest BCUT2D eigenvalue weighted by molar-refractivity contribution is 6.32. The number of pyridine rings is 1. The van der Waals surface area contributed by atoms with Crippen molar-refractivity contribution < 1.29 is 4.74 Å². The monoisotopic (exact) mass is 329 g/mol. The van der Waals surface area contributed by atoms with Gasteiger partial charge in [0.25, 0.3) is 0 Å². The van der Waals surface area contributed by atoms with Gasteiger partial charge in [0.2, 0.25) is 0 Å². The Labute approximate surface area is 139 Å². The summed E-state index contributed by atoms with van der Waals surface area (Å²) < 4.78 is 5.76. The molecule has 0 atom stereocenters. The molecule has 0 aliphatic heterocycles. The van der Waals surface area contributed by atoms with Crippen LogP contribution in [0.1, 0.15) is 5.56 Å². The summed E-state index contributed by atoms with van der Waals surface area (Å²) in [5.41, 5.74) is 2.78. The summed E-state index contributed by atoms with van der Waals surface area (Å²) in [4.78, 5) is 4.27. The van der Waals surface area contributed by atoms with E-state index in [4.69, 9.17) is 27.9 Å². The molecule has 0 fully saturated rings. The molecule has 0 N–H and O–H groups in total. The first kappa shape index (κ1) is 14.9. The molecule has 0 amide bonds. The van der Waals surface area contributed by atoms with Crippen molar-refractivity contribution in [1.82, 2.24) is 4.98 Å². The second kappa shape index (κ2) is 6.82. The Morgan fingerprint density at radius 3 is 2.41 bits per heavy atom. The molecule has 110 valence electrons. The molecule has 0 saturated heterocycles. The summed E-state index contributed by atoms with van der Waals surface area (Å²) in [6.45, 7) is 0.481. The lowest BCUT2D eigenvalue weighted by molar-refractivity contribution is 0.306. The van der Waals surface area contributed by atoms with Crippen LogP contribution in [-0.4, -0.2) is 4.98 Å². The number of benzene rings is 2. The number of ether oxygens (including phenoxy) is 1. The SMILES string of the molecule is Clc1cccc(-c2ccc(OCc3ccccc3)c(Cl)c2)n1. The van der Waals surface area contributed by atoms with Crippen molar-refractivity contribution in [3.63, 3.8) is 0 Å². The van der Waals surface area contributed by atoms with E-state index in [1.165, 1.54) is 0 Å². The van der Waals surface area contributed by atoms with Crippen LogP contribution in [0, 0.1) is 0 Å². The molecule has 0 unspecified atom stereocenters. The van der Waals surface area contributed by atoms with Crippen LogP contribution in [0.2, 0.25) is 10.2 Å². The lowest BCUT2D eigenvalue weighted by Gasteiger charge is -2.09. The van der Waals surface area contributed by atoms with E-state index in [9.17, 15) is 0 Å². The first-order valence-corrected chi connectivity index (χ1v) is 7.57. The lowest BCUT2D eigenvalue weighted by atomic mass is 10.1. The Morgan fingerprint density at radius 1 is 0.864 bits per heavy atom. The summed E-state index contributed by atoms with van der Waals surface area (Å²) >= 11 is 12.2. The zero-order valence-corrected chi connectivity index (χ0v) is 13.2. The zero-order valence-electron chi connectivity index (χ0n) is 11.7. The average Bonchev–Trinajstić information content (AvgIpc) is 2.54. The third-order valence-corrected chi connectivity index (χ3v) is 3.69. The third-order valence-electron chi connectivity index (χ3n) is 3.18. The standard InChI is InChI=1S/C18H13Cl2NO/c19-15-11-14(16-7-4-8-18(20)21-16)9-10-17(15)22-12-13-5-2-1-3-6-13/h1-11H,12H2. The van der Waals surface area contributed by atoms with Crippen molar-refractivity contribution in [1.29, 1.82) is 0 Å². The van der Waals surface area contributed by atoms with Crippen molar-refractivity contribution in [3.8, 4) is 17.0 Å². The van der Waals surface area contributed by atoms with Gasteiger partial charge < -0.3 is 4.74 Å². The van der Waals surface area contributed by atoms with Crippen LogP contribution < -0.4 is 4.74 Å². The van der Waals surface area contributed by atoms with Gasteiger partial charge in [0.15, 0.2) is 0 Å². The molecule has 3 aromatic rings. The zero-order chi connectivity index (χ0) is 15.4. The van der Waals surface area contributed by atoms with Gasteiger partial charge in [0.1, 0.15) is 17.5 Å². The predicted molar refractivity (Wildman–Crippen MR) is 90.5 cm³/mol. The number of halogens is 2. The third kappa shape index (κ3) is 3.59. The molecule has 0 radical (unpaired) electrons. The Bertz CT molecular complexity index is 775. The van der Waals surface area contributed by atoms with Crippen molar-refractivity contribution in [3.05, 3.63) is 82.5 Å². The molecule has 0 aliphatic rings. The maximum atomic E-state index is 6.30. The van der Waals surface area contributed by atoms with E-state index in [-0.39, 0.29) is 0 Å². The molecular weight excluding hydrogens is 317 g/mol. The van der Waals surface area contributed by atoms with Crippen molar-refractivity contribution in [2.45, 2.75) is 6.61 Å². The smallest absolute Gasteiger partial charge is 0.138 e. The van der Waals surface area contributed by atoms with Crippen molar-refractivity contribution in [2.24, 2.45) is 0 Å². The fourth-order valence-electron chi connectivity index (χ4n) is 2.08. The van der Waals surface area contributed by atoms with Gasteiger partial charge in [0, 0.05) is 5.56 Å². The number of rotatable bonds is 4. The minimum absolute atomic E-state index is 0.457. The van der Waals surface area contributed by atoms with E-state index in [0.29, 0.717) is 22.5 Å². The first-order chi connectivity index (χ1) is 10.7. The van der Waals surface area contributed by atoms with Crippen LogP contribution in [0.3, 0.4) is 0 Å². The van der Waals surface area contributed by atoms with E-state index < -0.39 is 0 Å². The van der Waals surface area contributed by atoms with E-state index in [1.54, 1.807) is 6.07 Å². The summed E-state index contributed by atoms with van der Waals surface area (Å²) in [6, 6.07) is 21.1. The van der Waals surface area contributed by atoms with E-state index in [0.717, 1.165) is 16.8 Å². The Balaban J connectivity index is 1.78. The molecule has 0 spiro atoms. The minimum atomic E-state index is 0.457. The maximum Gasteiger partial charge on any atom is 0.138 e.